The highest BCUT2D eigenvalue weighted by Gasteiger charge is 2.18. The Kier molecular flexibility index (Phi) is 7.22. The number of aryl methyl sites for hydroxylation is 1. The molecule has 1 rings (SSSR count). The van der Waals surface area contributed by atoms with Gasteiger partial charge in [0.1, 0.15) is 6.04 Å². The number of benzene rings is 1. The van der Waals surface area contributed by atoms with Crippen molar-refractivity contribution in [2.75, 3.05) is 14.2 Å². The van der Waals surface area contributed by atoms with Gasteiger partial charge >= 0.3 is 5.97 Å². The predicted molar refractivity (Wildman–Crippen MR) is 82.3 cm³/mol. The van der Waals surface area contributed by atoms with Crippen LogP contribution in [0.15, 0.2) is 18.2 Å². The number of rotatable bonds is 9. The smallest absolute Gasteiger partial charge is 0.326 e. The second kappa shape index (κ2) is 8.92. The zero-order valence-corrected chi connectivity index (χ0v) is 13.2. The van der Waals surface area contributed by atoms with Crippen LogP contribution in [0, 0.1) is 0 Å². The van der Waals surface area contributed by atoms with Gasteiger partial charge in [0, 0.05) is 6.42 Å². The molecule has 1 amide bonds. The van der Waals surface area contributed by atoms with E-state index in [0.29, 0.717) is 30.8 Å². The first-order valence-electron chi connectivity index (χ1n) is 7.24. The molecule has 0 fully saturated rings. The van der Waals surface area contributed by atoms with Crippen LogP contribution in [0.4, 0.5) is 0 Å². The summed E-state index contributed by atoms with van der Waals surface area (Å²) in [6.45, 7) is 1.88. The first-order chi connectivity index (χ1) is 10.5. The van der Waals surface area contributed by atoms with E-state index in [0.717, 1.165) is 5.56 Å². The molecule has 1 atom stereocenters. The first-order valence-corrected chi connectivity index (χ1v) is 7.24. The molecule has 0 spiro atoms. The van der Waals surface area contributed by atoms with Gasteiger partial charge < -0.3 is 19.9 Å². The fourth-order valence-electron chi connectivity index (χ4n) is 2.11. The minimum atomic E-state index is -0.999. The number of hydrogen-bond donors (Lipinski definition) is 2. The maximum absolute atomic E-state index is 11.9. The third kappa shape index (κ3) is 5.27. The lowest BCUT2D eigenvalue weighted by Crippen LogP contribution is -2.40. The molecule has 0 saturated heterocycles. The van der Waals surface area contributed by atoms with E-state index in [4.69, 9.17) is 14.6 Å². The van der Waals surface area contributed by atoms with E-state index in [1.165, 1.54) is 0 Å². The normalized spacial score (nSPS) is 11.6. The quantitative estimate of drug-likeness (QED) is 0.729. The van der Waals surface area contributed by atoms with Crippen molar-refractivity contribution in [1.29, 1.82) is 0 Å². The minimum Gasteiger partial charge on any atom is -0.493 e. The molecular formula is C16H23NO5. The van der Waals surface area contributed by atoms with Gasteiger partial charge in [0.05, 0.1) is 14.2 Å². The standard InChI is InChI=1S/C16H23NO5/c1-4-5-12(16(19)20)17-15(18)9-7-11-6-8-13(21-2)14(10-11)22-3/h6,8,10,12H,4-5,7,9H2,1-3H3,(H,17,18)(H,19,20). The Morgan fingerprint density at radius 3 is 2.45 bits per heavy atom. The number of carboxylic acids is 1. The van der Waals surface area contributed by atoms with Gasteiger partial charge in [-0.05, 0) is 30.5 Å². The number of aliphatic carboxylic acids is 1. The summed E-state index contributed by atoms with van der Waals surface area (Å²) >= 11 is 0. The first kappa shape index (κ1) is 17.8. The largest absolute Gasteiger partial charge is 0.493 e. The molecule has 2 N–H and O–H groups in total. The number of hydrogen-bond acceptors (Lipinski definition) is 4. The lowest BCUT2D eigenvalue weighted by atomic mass is 10.1. The van der Waals surface area contributed by atoms with Crippen LogP contribution >= 0.6 is 0 Å². The van der Waals surface area contributed by atoms with Gasteiger partial charge in [-0.2, -0.15) is 0 Å². The van der Waals surface area contributed by atoms with Crippen molar-refractivity contribution in [3.63, 3.8) is 0 Å². The molecule has 22 heavy (non-hydrogen) atoms. The summed E-state index contributed by atoms with van der Waals surface area (Å²) < 4.78 is 10.4. The summed E-state index contributed by atoms with van der Waals surface area (Å²) in [5.74, 6) is -0.0312. The van der Waals surface area contributed by atoms with E-state index in [1.807, 2.05) is 19.1 Å². The number of carbonyl (C=O) groups excluding carboxylic acids is 1. The fourth-order valence-corrected chi connectivity index (χ4v) is 2.11. The Balaban J connectivity index is 2.58. The number of carboxylic acid groups (broad SMARTS) is 1. The summed E-state index contributed by atoms with van der Waals surface area (Å²) in [5.41, 5.74) is 0.926. The number of nitrogens with one attached hydrogen (secondary N) is 1. The average molecular weight is 309 g/mol. The topological polar surface area (TPSA) is 84.9 Å². The Morgan fingerprint density at radius 1 is 1.23 bits per heavy atom. The highest BCUT2D eigenvalue weighted by molar-refractivity contribution is 5.83. The fraction of sp³-hybridized carbons (Fsp3) is 0.500. The third-order valence-electron chi connectivity index (χ3n) is 3.30. The molecule has 6 nitrogen and oxygen atoms in total. The molecule has 0 aliphatic rings. The number of methoxy groups -OCH3 is 2. The van der Waals surface area contributed by atoms with Crippen molar-refractivity contribution in [3.8, 4) is 11.5 Å². The minimum absolute atomic E-state index is 0.225. The van der Waals surface area contributed by atoms with Crippen LogP contribution in [0.2, 0.25) is 0 Å². The maximum atomic E-state index is 11.9. The molecule has 0 saturated carbocycles. The lowest BCUT2D eigenvalue weighted by Gasteiger charge is -2.14. The Labute approximate surface area is 130 Å². The zero-order chi connectivity index (χ0) is 16.5. The van der Waals surface area contributed by atoms with Gasteiger partial charge in [0.2, 0.25) is 5.91 Å². The van der Waals surface area contributed by atoms with Crippen molar-refractivity contribution < 1.29 is 24.2 Å². The van der Waals surface area contributed by atoms with Gasteiger partial charge in [-0.3, -0.25) is 4.79 Å². The van der Waals surface area contributed by atoms with Crippen molar-refractivity contribution in [3.05, 3.63) is 23.8 Å². The van der Waals surface area contributed by atoms with Crippen LogP contribution < -0.4 is 14.8 Å². The van der Waals surface area contributed by atoms with E-state index in [1.54, 1.807) is 20.3 Å². The molecule has 0 radical (unpaired) electrons. The van der Waals surface area contributed by atoms with Crippen molar-refractivity contribution in [2.45, 2.75) is 38.6 Å². The third-order valence-corrected chi connectivity index (χ3v) is 3.30. The molecule has 122 valence electrons. The average Bonchev–Trinajstić information content (AvgIpc) is 2.52. The SMILES string of the molecule is CCCC(NC(=O)CCc1ccc(OC)c(OC)c1)C(=O)O. The van der Waals surface area contributed by atoms with Crippen LogP contribution in [-0.4, -0.2) is 37.2 Å². The van der Waals surface area contributed by atoms with E-state index in [-0.39, 0.29) is 12.3 Å². The van der Waals surface area contributed by atoms with E-state index < -0.39 is 12.0 Å². The van der Waals surface area contributed by atoms with E-state index in [9.17, 15) is 9.59 Å². The molecule has 0 heterocycles. The second-order valence-corrected chi connectivity index (χ2v) is 4.94. The monoisotopic (exact) mass is 309 g/mol. The van der Waals surface area contributed by atoms with Crippen LogP contribution in [-0.2, 0) is 16.0 Å². The van der Waals surface area contributed by atoms with Crippen LogP contribution in [0.25, 0.3) is 0 Å². The highest BCUT2D eigenvalue weighted by atomic mass is 16.5. The summed E-state index contributed by atoms with van der Waals surface area (Å²) in [5, 5.41) is 11.6. The number of carbonyl (C=O) groups is 2. The summed E-state index contributed by atoms with van der Waals surface area (Å²) in [7, 11) is 3.11. The maximum Gasteiger partial charge on any atom is 0.326 e. The highest BCUT2D eigenvalue weighted by Crippen LogP contribution is 2.27. The molecular weight excluding hydrogens is 286 g/mol. The summed E-state index contributed by atoms with van der Waals surface area (Å²) in [4.78, 5) is 22.9. The van der Waals surface area contributed by atoms with Gasteiger partial charge in [-0.1, -0.05) is 19.4 Å². The lowest BCUT2D eigenvalue weighted by molar-refractivity contribution is -0.142. The Hall–Kier alpha value is -2.24. The van der Waals surface area contributed by atoms with Crippen LogP contribution in [0.5, 0.6) is 11.5 Å². The van der Waals surface area contributed by atoms with Crippen molar-refractivity contribution in [2.24, 2.45) is 0 Å². The summed E-state index contributed by atoms with van der Waals surface area (Å²) in [6.07, 6.45) is 1.86. The van der Waals surface area contributed by atoms with E-state index in [2.05, 4.69) is 5.32 Å². The van der Waals surface area contributed by atoms with Gasteiger partial charge in [-0.25, -0.2) is 4.79 Å². The van der Waals surface area contributed by atoms with E-state index >= 15 is 0 Å². The van der Waals surface area contributed by atoms with Crippen molar-refractivity contribution in [1.82, 2.24) is 5.32 Å². The van der Waals surface area contributed by atoms with Gasteiger partial charge in [0.25, 0.3) is 0 Å². The van der Waals surface area contributed by atoms with Gasteiger partial charge in [0.15, 0.2) is 11.5 Å². The molecule has 0 aliphatic carbocycles. The summed E-state index contributed by atoms with van der Waals surface area (Å²) in [6, 6.07) is 4.63. The van der Waals surface area contributed by atoms with Crippen molar-refractivity contribution >= 4 is 11.9 Å². The van der Waals surface area contributed by atoms with Gasteiger partial charge in [-0.15, -0.1) is 0 Å². The molecule has 0 aromatic heterocycles. The molecule has 0 bridgehead atoms. The van der Waals surface area contributed by atoms with Crippen LogP contribution in [0.3, 0.4) is 0 Å². The predicted octanol–water partition coefficient (Wildman–Crippen LogP) is 2.01. The number of ether oxygens (including phenoxy) is 2. The molecule has 1 aromatic carbocycles. The van der Waals surface area contributed by atoms with Crippen LogP contribution in [0.1, 0.15) is 31.7 Å². The molecule has 0 aliphatic heterocycles. The Bertz CT molecular complexity index is 515. The molecule has 1 aromatic rings. The second-order valence-electron chi connectivity index (χ2n) is 4.94. The molecule has 6 heteroatoms. The molecule has 1 unspecified atom stereocenters. The zero-order valence-electron chi connectivity index (χ0n) is 13.2. The Morgan fingerprint density at radius 2 is 1.91 bits per heavy atom. The number of amides is 1.